The first-order valence-corrected chi connectivity index (χ1v) is 46.7. The van der Waals surface area contributed by atoms with Crippen molar-refractivity contribution >= 4 is 240 Å². The summed E-state index contributed by atoms with van der Waals surface area (Å²) in [6.45, 7) is 32.6. The van der Waals surface area contributed by atoms with E-state index in [4.69, 9.17) is 13.3 Å². The highest BCUT2D eigenvalue weighted by molar-refractivity contribution is 9.11. The van der Waals surface area contributed by atoms with Crippen LogP contribution in [0.2, 0.25) is 0 Å². The van der Waals surface area contributed by atoms with Gasteiger partial charge in [-0.25, -0.2) is 0 Å². The third-order valence-electron chi connectivity index (χ3n) is 29.3. The molecule has 26 rings (SSSR count). The molecule has 0 aliphatic carbocycles. The Hall–Kier alpha value is -13.0. The summed E-state index contributed by atoms with van der Waals surface area (Å²) >= 11 is 7.63. The third-order valence-corrected chi connectivity index (χ3v) is 30.6. The minimum absolute atomic E-state index is 0.0770. The largest absolute Gasteiger partial charge is 0.453 e. The zero-order chi connectivity index (χ0) is 86.6. The van der Waals surface area contributed by atoms with Crippen LogP contribution < -0.4 is 15.1 Å². The van der Waals surface area contributed by atoms with Crippen molar-refractivity contribution < 1.29 is 13.3 Å². The molecule has 0 amide bonds. The van der Waals surface area contributed by atoms with E-state index in [1.165, 1.54) is 162 Å². The molecule has 0 bridgehead atoms. The number of fused-ring (bicyclic) bond motifs is 24. The van der Waals surface area contributed by atoms with Gasteiger partial charge in [-0.05, 0) is 210 Å². The molecule has 8 heteroatoms. The number of hydrogen-bond donors (Lipinski definition) is 1. The van der Waals surface area contributed by atoms with Crippen LogP contribution in [0.5, 0.6) is 0 Å². The normalized spacial score (nSPS) is 14.5. The van der Waals surface area contributed by atoms with Crippen molar-refractivity contribution in [2.24, 2.45) is 0 Å². The van der Waals surface area contributed by atoms with Gasteiger partial charge in [0.25, 0.3) is 0 Å². The van der Waals surface area contributed by atoms with E-state index in [2.05, 4.69) is 435 Å². The number of rotatable bonds is 6. The predicted octanol–water partition coefficient (Wildman–Crippen LogP) is 36.6. The topological polar surface area (TPSA) is 57.9 Å². The molecule has 1 N–H and O–H groups in total. The molecule has 20 aromatic carbocycles. The highest BCUT2D eigenvalue weighted by Crippen LogP contribution is 2.62. The second-order valence-electron chi connectivity index (χ2n) is 38.7. The lowest BCUT2D eigenvalue weighted by Gasteiger charge is -2.43. The molecule has 3 aliphatic rings. The van der Waals surface area contributed by atoms with Gasteiger partial charge in [0.05, 0.1) is 39.8 Å². The first kappa shape index (κ1) is 77.6. The number of anilines is 8. The molecule has 127 heavy (non-hydrogen) atoms. The van der Waals surface area contributed by atoms with Crippen molar-refractivity contribution in [3.8, 4) is 0 Å². The van der Waals surface area contributed by atoms with Gasteiger partial charge in [-0.2, -0.15) is 0 Å². The summed E-state index contributed by atoms with van der Waals surface area (Å²) in [5.41, 5.74) is 27.2. The fourth-order valence-electron chi connectivity index (χ4n) is 22.9. The van der Waals surface area contributed by atoms with Crippen LogP contribution in [-0.2, 0) is 16.2 Å². The molecule has 6 heterocycles. The van der Waals surface area contributed by atoms with Crippen LogP contribution in [0.3, 0.4) is 0 Å². The Bertz CT molecular complexity index is 8270. The molecule has 3 aliphatic heterocycles. The van der Waals surface area contributed by atoms with E-state index < -0.39 is 0 Å². The second-order valence-corrected chi connectivity index (χ2v) is 40.4. The molecule has 0 saturated heterocycles. The monoisotopic (exact) mass is 1770 g/mol. The Balaban J connectivity index is 0.000000142. The molecular formula is C119H95Br2N3O3. The summed E-state index contributed by atoms with van der Waals surface area (Å²) in [4.78, 5) is 5.15. The summed E-state index contributed by atoms with van der Waals surface area (Å²) in [7, 11) is 0. The van der Waals surface area contributed by atoms with Gasteiger partial charge in [-0.3, -0.25) is 0 Å². The molecule has 0 saturated carbocycles. The number of halogens is 2. The Morgan fingerprint density at radius 2 is 0.535 bits per heavy atom. The highest BCUT2D eigenvalue weighted by Gasteiger charge is 2.44. The molecule has 0 spiro atoms. The van der Waals surface area contributed by atoms with Crippen molar-refractivity contribution in [1.29, 1.82) is 0 Å². The molecule has 0 atom stereocenters. The van der Waals surface area contributed by atoms with Crippen molar-refractivity contribution in [2.75, 3.05) is 15.1 Å². The van der Waals surface area contributed by atoms with Crippen LogP contribution in [0.4, 0.5) is 45.5 Å². The molecule has 0 radical (unpaired) electrons. The van der Waals surface area contributed by atoms with Gasteiger partial charge in [0, 0.05) is 90.1 Å². The fourth-order valence-corrected chi connectivity index (χ4v) is 24.0. The van der Waals surface area contributed by atoms with Crippen molar-refractivity contribution in [1.82, 2.24) is 0 Å². The summed E-state index contributed by atoms with van der Waals surface area (Å²) in [6.07, 6.45) is 0. The summed E-state index contributed by atoms with van der Waals surface area (Å²) < 4.78 is 23.6. The predicted molar refractivity (Wildman–Crippen MR) is 548 cm³/mol. The maximum absolute atomic E-state index is 7.34. The standard InChI is InChI=1S/C72H56N2O2.C25H19NO.C22H20Br2/c1-39(2)53-37-61(73-59-23-15-13-21-55(59)71(5,6)57-35-33-49-47-27-25-41-17-9-11-19-43(41)67(47)75-69(49)65(57)73)51-32-30-46-54(40(3)4)38-62(52-31-29-45(53)63(51)64(46)52)74-60-24-16-14-22-56(60)72(7,8)58-36-34-50-48-28-26-42-18-10-12-20-44(42)68(48)76-70(50)66(58)74;1-25(2)19-9-5-6-10-21(19)26-22-20(25)14-13-18-17-12-11-15-7-3-4-8-16(15)23(17)27-24(18)22;1-11(2)17-9-19(23)15-8-6-14-18(12(3)4)10-20(24)16-7-5-13(17)21(15)22(14)16/h9-40H,1-8H3;3-14,26H,1-2H3;5-12H,1-4H3. The number of furan rings is 3. The van der Waals surface area contributed by atoms with Gasteiger partial charge in [0.1, 0.15) is 16.7 Å². The molecule has 0 unspecified atom stereocenters. The Kier molecular flexibility index (Phi) is 17.1. The molecule has 618 valence electrons. The van der Waals surface area contributed by atoms with Crippen LogP contribution in [0, 0.1) is 0 Å². The Morgan fingerprint density at radius 1 is 0.244 bits per heavy atom. The molecule has 6 nitrogen and oxygen atoms in total. The SMILES string of the molecule is CC(C)c1cc(Br)c2ccc3c(C(C)C)cc(Br)c4ccc1c2c43.CC(C)c1cc(N2c3ccccc3C(C)(C)c3ccc4c(oc5c6ccccc6ccc45)c32)c2ccc3c(C(C)C)cc(N4c5ccccc5C(C)(C)c5ccc6c(oc7c8ccccc8ccc67)c54)c4ccc1c2c34.CC1(C)c2ccccc2Nc2c1ccc1c2oc2c3ccccc3ccc12. The van der Waals surface area contributed by atoms with E-state index in [0.717, 1.165) is 111 Å². The van der Waals surface area contributed by atoms with E-state index in [9.17, 15) is 0 Å². The van der Waals surface area contributed by atoms with E-state index in [-0.39, 0.29) is 28.1 Å². The summed E-state index contributed by atoms with van der Waals surface area (Å²) in [5, 5.41) is 33.3. The van der Waals surface area contributed by atoms with Crippen LogP contribution in [0.1, 0.15) is 176 Å². The van der Waals surface area contributed by atoms with Crippen LogP contribution in [0.15, 0.2) is 313 Å². The minimum atomic E-state index is -0.308. The molecule has 0 fully saturated rings. The van der Waals surface area contributed by atoms with E-state index in [0.29, 0.717) is 11.8 Å². The molecular weight excluding hydrogens is 1680 g/mol. The van der Waals surface area contributed by atoms with Crippen molar-refractivity contribution in [3.63, 3.8) is 0 Å². The van der Waals surface area contributed by atoms with E-state index >= 15 is 0 Å². The van der Waals surface area contributed by atoms with Gasteiger partial charge in [0.15, 0.2) is 16.7 Å². The van der Waals surface area contributed by atoms with Gasteiger partial charge < -0.3 is 28.4 Å². The van der Waals surface area contributed by atoms with Crippen LogP contribution in [-0.4, -0.2) is 0 Å². The minimum Gasteiger partial charge on any atom is -0.453 e. The third kappa shape index (κ3) is 11.1. The number of nitrogens with zero attached hydrogens (tertiary/aromatic N) is 2. The average molecular weight is 1770 g/mol. The quantitative estimate of drug-likeness (QED) is 0.167. The van der Waals surface area contributed by atoms with Crippen molar-refractivity contribution in [2.45, 2.75) is 137 Å². The Labute approximate surface area is 755 Å². The summed E-state index contributed by atoms with van der Waals surface area (Å²) in [5.74, 6) is 1.46. The average Bonchev–Trinajstić information content (AvgIpc) is 1.66. The molecule has 23 aromatic rings. The van der Waals surface area contributed by atoms with Crippen LogP contribution in [0.25, 0.3) is 163 Å². The van der Waals surface area contributed by atoms with Gasteiger partial charge in [-0.1, -0.05) is 359 Å². The lowest BCUT2D eigenvalue weighted by atomic mass is 9.73. The zero-order valence-corrected chi connectivity index (χ0v) is 77.1. The van der Waals surface area contributed by atoms with Gasteiger partial charge >= 0.3 is 0 Å². The van der Waals surface area contributed by atoms with Crippen LogP contribution >= 0.6 is 31.9 Å². The van der Waals surface area contributed by atoms with E-state index in [1.54, 1.807) is 0 Å². The lowest BCUT2D eigenvalue weighted by molar-refractivity contribution is 0.624. The molecule has 3 aromatic heterocycles. The fraction of sp³-hybridized carbons (Fsp3) is 0.176. The highest BCUT2D eigenvalue weighted by atomic mass is 79.9. The maximum Gasteiger partial charge on any atom is 0.159 e. The van der Waals surface area contributed by atoms with Gasteiger partial charge in [-0.15, -0.1) is 0 Å². The zero-order valence-electron chi connectivity index (χ0n) is 73.9. The van der Waals surface area contributed by atoms with E-state index in [1.807, 2.05) is 0 Å². The first-order chi connectivity index (χ1) is 61.4. The lowest BCUT2D eigenvalue weighted by Crippen LogP contribution is -2.31. The smallest absolute Gasteiger partial charge is 0.159 e. The number of benzene rings is 20. The van der Waals surface area contributed by atoms with Gasteiger partial charge in [0.2, 0.25) is 0 Å². The summed E-state index contributed by atoms with van der Waals surface area (Å²) in [6, 6.07) is 108. The first-order valence-electron chi connectivity index (χ1n) is 45.1. The number of hydrogen-bond acceptors (Lipinski definition) is 6. The second kappa shape index (κ2) is 28.0. The Morgan fingerprint density at radius 3 is 0.945 bits per heavy atom. The van der Waals surface area contributed by atoms with Crippen molar-refractivity contribution in [3.05, 3.63) is 356 Å². The maximum atomic E-state index is 7.34. The number of nitrogens with one attached hydrogen (secondary N) is 1. The number of para-hydroxylation sites is 3.